The molecule has 2 N–H and O–H groups in total. The number of benzene rings is 1. The van der Waals surface area contributed by atoms with E-state index in [4.69, 9.17) is 11.6 Å². The van der Waals surface area contributed by atoms with Crippen LogP contribution in [0.3, 0.4) is 0 Å². The monoisotopic (exact) mass is 382 g/mol. The van der Waals surface area contributed by atoms with Crippen molar-refractivity contribution in [2.75, 3.05) is 6.54 Å². The molecule has 3 nitrogen and oxygen atoms in total. The topological polar surface area (TPSA) is 51.0 Å². The van der Waals surface area contributed by atoms with E-state index in [1.54, 1.807) is 0 Å². The van der Waals surface area contributed by atoms with E-state index >= 15 is 0 Å². The van der Waals surface area contributed by atoms with E-state index in [0.29, 0.717) is 11.5 Å². The maximum Gasteiger partial charge on any atom is 0.255 e. The summed E-state index contributed by atoms with van der Waals surface area (Å²) in [7, 11) is 0. The van der Waals surface area contributed by atoms with Crippen LogP contribution in [0, 0.1) is 5.92 Å². The molecule has 1 heterocycles. The van der Waals surface area contributed by atoms with Gasteiger partial charge in [0.05, 0.1) is 5.54 Å². The van der Waals surface area contributed by atoms with Gasteiger partial charge in [-0.3, -0.25) is 4.79 Å². The third-order valence-corrected chi connectivity index (χ3v) is 5.57. The third kappa shape index (κ3) is 5.21. The van der Waals surface area contributed by atoms with E-state index in [9.17, 15) is 4.79 Å². The van der Waals surface area contributed by atoms with Gasteiger partial charge in [-0.25, -0.2) is 0 Å². The van der Waals surface area contributed by atoms with Gasteiger partial charge in [0.15, 0.2) is 0 Å². The summed E-state index contributed by atoms with van der Waals surface area (Å²) in [6.07, 6.45) is 12.1. The molecule has 2 atom stereocenters. The van der Waals surface area contributed by atoms with Gasteiger partial charge >= 0.3 is 0 Å². The second kappa shape index (κ2) is 8.73. The van der Waals surface area contributed by atoms with Gasteiger partial charge in [-0.05, 0) is 50.0 Å². The Morgan fingerprint density at radius 1 is 1.37 bits per heavy atom. The predicted octanol–water partition coefficient (Wildman–Crippen LogP) is 5.09. The van der Waals surface area contributed by atoms with Crippen molar-refractivity contribution in [1.82, 2.24) is 10.6 Å². The number of carbonyl (C=O) groups excluding carboxylic acids is 1. The zero-order valence-corrected chi connectivity index (χ0v) is 16.6. The minimum atomic E-state index is -0.0803. The van der Waals surface area contributed by atoms with Gasteiger partial charge in [0.2, 0.25) is 0 Å². The Bertz CT molecular complexity index is 788. The van der Waals surface area contributed by atoms with Gasteiger partial charge in [0, 0.05) is 28.8 Å². The van der Waals surface area contributed by atoms with Gasteiger partial charge in [-0.1, -0.05) is 61.0 Å². The van der Waals surface area contributed by atoms with Gasteiger partial charge in [0.1, 0.15) is 0 Å². The molecule has 2 unspecified atom stereocenters. The van der Waals surface area contributed by atoms with Crippen molar-refractivity contribution in [3.05, 3.63) is 83.1 Å². The number of amides is 1. The zero-order chi connectivity index (χ0) is 19.3. The maximum atomic E-state index is 12.3. The minimum Gasteiger partial charge on any atom is -0.322 e. The molecule has 0 spiro atoms. The van der Waals surface area contributed by atoms with Crippen LogP contribution < -0.4 is 10.6 Å². The zero-order valence-electron chi connectivity index (χ0n) is 15.8. The maximum absolute atomic E-state index is 12.3. The SMILES string of the molecule is C=C(CC)CCC(Cl)=CC1(C2C=CC(NC(=O)c3ccccc3)=CC2)CN1. The molecule has 3 rings (SSSR count). The van der Waals surface area contributed by atoms with Crippen LogP contribution in [0.1, 0.15) is 43.0 Å². The summed E-state index contributed by atoms with van der Waals surface area (Å²) < 4.78 is 0. The van der Waals surface area contributed by atoms with Gasteiger partial charge in [-0.2, -0.15) is 0 Å². The van der Waals surface area contributed by atoms with Crippen LogP contribution in [-0.4, -0.2) is 18.0 Å². The first kappa shape index (κ1) is 19.7. The Hall–Kier alpha value is -2.10. The molecule has 27 heavy (non-hydrogen) atoms. The fourth-order valence-corrected chi connectivity index (χ4v) is 3.58. The summed E-state index contributed by atoms with van der Waals surface area (Å²) in [6, 6.07) is 9.26. The first-order valence-electron chi connectivity index (χ1n) is 9.56. The van der Waals surface area contributed by atoms with Crippen molar-refractivity contribution in [2.24, 2.45) is 5.92 Å². The lowest BCUT2D eigenvalue weighted by atomic mass is 9.85. The van der Waals surface area contributed by atoms with E-state index < -0.39 is 0 Å². The largest absolute Gasteiger partial charge is 0.322 e. The highest BCUT2D eigenvalue weighted by Gasteiger charge is 2.46. The summed E-state index contributed by atoms with van der Waals surface area (Å²) in [5.74, 6) is 0.265. The molecular formula is C23H27ClN2O. The molecule has 1 aromatic rings. The summed E-state index contributed by atoms with van der Waals surface area (Å²) in [4.78, 5) is 12.3. The van der Waals surface area contributed by atoms with Crippen molar-refractivity contribution >= 4 is 17.5 Å². The molecule has 0 aromatic heterocycles. The first-order chi connectivity index (χ1) is 13.0. The van der Waals surface area contributed by atoms with Gasteiger partial charge in [-0.15, -0.1) is 0 Å². The van der Waals surface area contributed by atoms with E-state index in [-0.39, 0.29) is 11.4 Å². The van der Waals surface area contributed by atoms with Crippen LogP contribution in [0.25, 0.3) is 0 Å². The Labute approximate surface area is 166 Å². The molecule has 142 valence electrons. The highest BCUT2D eigenvalue weighted by molar-refractivity contribution is 6.29. The lowest BCUT2D eigenvalue weighted by molar-refractivity contribution is 0.0967. The third-order valence-electron chi connectivity index (χ3n) is 5.27. The molecule has 1 aromatic carbocycles. The molecule has 1 amide bonds. The summed E-state index contributed by atoms with van der Waals surface area (Å²) in [5, 5.41) is 7.35. The smallest absolute Gasteiger partial charge is 0.255 e. The lowest BCUT2D eigenvalue weighted by Gasteiger charge is -2.23. The van der Waals surface area contributed by atoms with Crippen molar-refractivity contribution in [3.63, 3.8) is 0 Å². The van der Waals surface area contributed by atoms with E-state index in [0.717, 1.165) is 43.0 Å². The van der Waals surface area contributed by atoms with Crippen molar-refractivity contribution in [3.8, 4) is 0 Å². The average Bonchev–Trinajstić information content (AvgIpc) is 3.47. The number of allylic oxidation sites excluding steroid dienone is 4. The number of carbonyl (C=O) groups is 1. The number of hydrogen-bond donors (Lipinski definition) is 2. The van der Waals surface area contributed by atoms with E-state index in [1.165, 1.54) is 5.57 Å². The Morgan fingerprint density at radius 2 is 2.11 bits per heavy atom. The standard InChI is InChI=1S/C23H27ClN2O/c1-3-17(2)9-12-20(24)15-23(16-25-23)19-10-13-21(14-11-19)26-22(27)18-7-5-4-6-8-18/h4-8,10,13-15,19,25H,2-3,9,11-12,16H2,1H3,(H,26,27). The highest BCUT2D eigenvalue weighted by atomic mass is 35.5. The molecule has 4 heteroatoms. The highest BCUT2D eigenvalue weighted by Crippen LogP contribution is 2.37. The summed E-state index contributed by atoms with van der Waals surface area (Å²) >= 11 is 6.47. The van der Waals surface area contributed by atoms with Gasteiger partial charge < -0.3 is 10.6 Å². The quantitative estimate of drug-likeness (QED) is 0.486. The summed E-state index contributed by atoms with van der Waals surface area (Å²) in [6.45, 7) is 7.11. The van der Waals surface area contributed by atoms with Crippen molar-refractivity contribution in [1.29, 1.82) is 0 Å². The molecule has 1 aliphatic carbocycles. The molecule has 0 bridgehead atoms. The predicted molar refractivity (Wildman–Crippen MR) is 113 cm³/mol. The van der Waals surface area contributed by atoms with Crippen LogP contribution in [0.5, 0.6) is 0 Å². The minimum absolute atomic E-state index is 0.0490. The molecule has 1 fully saturated rings. The molecule has 1 saturated heterocycles. The van der Waals surface area contributed by atoms with Crippen LogP contribution >= 0.6 is 11.6 Å². The van der Waals surface area contributed by atoms with Crippen LogP contribution in [0.15, 0.2) is 77.5 Å². The molecule has 0 saturated carbocycles. The Balaban J connectivity index is 1.56. The van der Waals surface area contributed by atoms with Gasteiger partial charge in [0.25, 0.3) is 5.91 Å². The molecular weight excluding hydrogens is 356 g/mol. The molecule has 1 aliphatic heterocycles. The van der Waals surface area contributed by atoms with Crippen LogP contribution in [0.4, 0.5) is 0 Å². The lowest BCUT2D eigenvalue weighted by Crippen LogP contribution is -2.28. The van der Waals surface area contributed by atoms with E-state index in [1.807, 2.05) is 36.4 Å². The normalized spacial score (nSPS) is 24.3. The second-order valence-corrected chi connectivity index (χ2v) is 7.76. The Kier molecular flexibility index (Phi) is 6.35. The average molecular weight is 383 g/mol. The van der Waals surface area contributed by atoms with Crippen molar-refractivity contribution < 1.29 is 4.79 Å². The fraction of sp³-hybridized carbons (Fsp3) is 0.348. The Morgan fingerprint density at radius 3 is 2.70 bits per heavy atom. The number of nitrogens with one attached hydrogen (secondary N) is 2. The number of halogens is 1. The van der Waals surface area contributed by atoms with Crippen LogP contribution in [0.2, 0.25) is 0 Å². The second-order valence-electron chi connectivity index (χ2n) is 7.27. The molecule has 2 aliphatic rings. The number of rotatable bonds is 8. The molecule has 0 radical (unpaired) electrons. The van der Waals surface area contributed by atoms with Crippen LogP contribution in [-0.2, 0) is 0 Å². The van der Waals surface area contributed by atoms with Crippen molar-refractivity contribution in [2.45, 2.75) is 38.1 Å². The first-order valence-corrected chi connectivity index (χ1v) is 9.94. The van der Waals surface area contributed by atoms with E-state index in [2.05, 4.69) is 42.4 Å². The fourth-order valence-electron chi connectivity index (χ4n) is 3.29. The summed E-state index contributed by atoms with van der Waals surface area (Å²) in [5.41, 5.74) is 2.70. The number of hydrogen-bond acceptors (Lipinski definition) is 2.